The van der Waals surface area contributed by atoms with Gasteiger partial charge in [-0.3, -0.25) is 9.69 Å². The predicted molar refractivity (Wildman–Crippen MR) is 110 cm³/mol. The maximum absolute atomic E-state index is 11.4. The van der Waals surface area contributed by atoms with Gasteiger partial charge in [0.25, 0.3) is 0 Å². The quantitative estimate of drug-likeness (QED) is 0.710. The molecule has 1 unspecified atom stereocenters. The number of hydrogen-bond donors (Lipinski definition) is 1. The van der Waals surface area contributed by atoms with Crippen molar-refractivity contribution in [1.82, 2.24) is 10.2 Å². The molecule has 1 saturated heterocycles. The highest BCUT2D eigenvalue weighted by molar-refractivity contribution is 5.69. The Balaban J connectivity index is 1.48. The standard InChI is InChI=1S/C23H30N2O3/c1-27-23(26)13-10-21-17-25(15-5-14-24-21)16-19-8-11-22(12-9-19)28-18-20-6-3-2-4-7-20/h2-4,6-9,11-12,21,24H,5,10,13-18H2,1H3. The number of hydrogen-bond acceptors (Lipinski definition) is 5. The number of carbonyl (C=O) groups is 1. The fourth-order valence-electron chi connectivity index (χ4n) is 3.50. The molecule has 1 aliphatic heterocycles. The Bertz CT molecular complexity index is 718. The zero-order valence-corrected chi connectivity index (χ0v) is 16.6. The van der Waals surface area contributed by atoms with Crippen LogP contribution in [-0.4, -0.2) is 43.7 Å². The van der Waals surface area contributed by atoms with E-state index in [0.717, 1.165) is 44.8 Å². The second kappa shape index (κ2) is 10.8. The van der Waals surface area contributed by atoms with Gasteiger partial charge in [0, 0.05) is 25.6 Å². The average Bonchev–Trinajstić information content (AvgIpc) is 2.97. The van der Waals surface area contributed by atoms with Crippen LogP contribution in [0.5, 0.6) is 5.75 Å². The third kappa shape index (κ3) is 6.66. The van der Waals surface area contributed by atoms with Gasteiger partial charge in [0.05, 0.1) is 7.11 Å². The Morgan fingerprint density at radius 2 is 1.89 bits per heavy atom. The summed E-state index contributed by atoms with van der Waals surface area (Å²) in [5.41, 5.74) is 2.45. The van der Waals surface area contributed by atoms with E-state index >= 15 is 0 Å². The Labute approximate surface area is 167 Å². The molecule has 2 aromatic rings. The fraction of sp³-hybridized carbons (Fsp3) is 0.435. The van der Waals surface area contributed by atoms with Crippen LogP contribution in [0.2, 0.25) is 0 Å². The van der Waals surface area contributed by atoms with Gasteiger partial charge in [-0.1, -0.05) is 42.5 Å². The first kappa shape index (κ1) is 20.4. The van der Waals surface area contributed by atoms with Gasteiger partial charge in [0.2, 0.25) is 0 Å². The van der Waals surface area contributed by atoms with Gasteiger partial charge in [-0.15, -0.1) is 0 Å². The van der Waals surface area contributed by atoms with Crippen molar-refractivity contribution in [2.45, 2.75) is 38.5 Å². The first-order valence-corrected chi connectivity index (χ1v) is 10.0. The SMILES string of the molecule is COC(=O)CCC1CN(Cc2ccc(OCc3ccccc3)cc2)CCCN1. The third-order valence-electron chi connectivity index (χ3n) is 5.07. The van der Waals surface area contributed by atoms with Gasteiger partial charge < -0.3 is 14.8 Å². The van der Waals surface area contributed by atoms with Crippen molar-refractivity contribution in [1.29, 1.82) is 0 Å². The Morgan fingerprint density at radius 3 is 2.64 bits per heavy atom. The summed E-state index contributed by atoms with van der Waals surface area (Å²) in [4.78, 5) is 13.9. The topological polar surface area (TPSA) is 50.8 Å². The molecule has 0 saturated carbocycles. The molecule has 1 fully saturated rings. The first-order valence-electron chi connectivity index (χ1n) is 10.0. The van der Waals surface area contributed by atoms with Crippen LogP contribution in [-0.2, 0) is 22.7 Å². The van der Waals surface area contributed by atoms with Crippen molar-refractivity contribution >= 4 is 5.97 Å². The minimum absolute atomic E-state index is 0.135. The number of methoxy groups -OCH3 is 1. The lowest BCUT2D eigenvalue weighted by Gasteiger charge is -2.24. The number of carbonyl (C=O) groups excluding carboxylic acids is 1. The molecule has 5 heteroatoms. The van der Waals surface area contributed by atoms with E-state index in [1.807, 2.05) is 30.3 Å². The van der Waals surface area contributed by atoms with E-state index in [1.165, 1.54) is 18.2 Å². The summed E-state index contributed by atoms with van der Waals surface area (Å²) in [5, 5.41) is 3.55. The predicted octanol–water partition coefficient (Wildman–Crippen LogP) is 3.38. The molecule has 0 spiro atoms. The Hall–Kier alpha value is -2.37. The smallest absolute Gasteiger partial charge is 0.305 e. The molecule has 150 valence electrons. The van der Waals surface area contributed by atoms with Crippen molar-refractivity contribution in [3.63, 3.8) is 0 Å². The van der Waals surface area contributed by atoms with Crippen molar-refractivity contribution < 1.29 is 14.3 Å². The molecule has 3 rings (SSSR count). The summed E-state index contributed by atoms with van der Waals surface area (Å²) in [5.74, 6) is 0.754. The van der Waals surface area contributed by atoms with Crippen LogP contribution < -0.4 is 10.1 Å². The van der Waals surface area contributed by atoms with Gasteiger partial charge in [0.1, 0.15) is 12.4 Å². The van der Waals surface area contributed by atoms with Crippen LogP contribution in [0.3, 0.4) is 0 Å². The number of benzene rings is 2. The first-order chi connectivity index (χ1) is 13.7. The molecule has 28 heavy (non-hydrogen) atoms. The highest BCUT2D eigenvalue weighted by Gasteiger charge is 2.18. The summed E-state index contributed by atoms with van der Waals surface area (Å²) in [7, 11) is 1.45. The largest absolute Gasteiger partial charge is 0.489 e. The summed E-state index contributed by atoms with van der Waals surface area (Å²) < 4.78 is 10.6. The lowest BCUT2D eigenvalue weighted by atomic mass is 10.1. The van der Waals surface area contributed by atoms with Crippen LogP contribution in [0.4, 0.5) is 0 Å². The summed E-state index contributed by atoms with van der Waals surface area (Å²) in [6.07, 6.45) is 2.40. The van der Waals surface area contributed by atoms with Gasteiger partial charge in [-0.25, -0.2) is 0 Å². The molecule has 1 heterocycles. The summed E-state index contributed by atoms with van der Waals surface area (Å²) in [6.45, 7) is 4.50. The zero-order chi connectivity index (χ0) is 19.6. The van der Waals surface area contributed by atoms with E-state index in [1.54, 1.807) is 0 Å². The van der Waals surface area contributed by atoms with Crippen LogP contribution in [0.25, 0.3) is 0 Å². The van der Waals surface area contributed by atoms with Crippen molar-refractivity contribution in [3.05, 3.63) is 65.7 Å². The van der Waals surface area contributed by atoms with E-state index in [-0.39, 0.29) is 5.97 Å². The van der Waals surface area contributed by atoms with E-state index in [0.29, 0.717) is 19.1 Å². The fourth-order valence-corrected chi connectivity index (χ4v) is 3.50. The van der Waals surface area contributed by atoms with Crippen LogP contribution >= 0.6 is 0 Å². The van der Waals surface area contributed by atoms with Gasteiger partial charge in [0.15, 0.2) is 0 Å². The molecule has 1 atom stereocenters. The number of ether oxygens (including phenoxy) is 2. The molecular weight excluding hydrogens is 352 g/mol. The molecular formula is C23H30N2O3. The van der Waals surface area contributed by atoms with Gasteiger partial charge >= 0.3 is 5.97 Å². The van der Waals surface area contributed by atoms with E-state index < -0.39 is 0 Å². The number of rotatable bonds is 8. The molecule has 2 aromatic carbocycles. The molecule has 5 nitrogen and oxygen atoms in total. The lowest BCUT2D eigenvalue weighted by Crippen LogP contribution is -2.37. The molecule has 1 N–H and O–H groups in total. The van der Waals surface area contributed by atoms with Gasteiger partial charge in [-0.2, -0.15) is 0 Å². The molecule has 0 bridgehead atoms. The summed E-state index contributed by atoms with van der Waals surface area (Å²) >= 11 is 0. The lowest BCUT2D eigenvalue weighted by molar-refractivity contribution is -0.140. The highest BCUT2D eigenvalue weighted by atomic mass is 16.5. The molecule has 0 aromatic heterocycles. The Morgan fingerprint density at radius 1 is 1.11 bits per heavy atom. The number of nitrogens with one attached hydrogen (secondary N) is 1. The Kier molecular flexibility index (Phi) is 7.88. The zero-order valence-electron chi connectivity index (χ0n) is 16.6. The number of esters is 1. The van der Waals surface area contributed by atoms with Crippen LogP contribution in [0.15, 0.2) is 54.6 Å². The third-order valence-corrected chi connectivity index (χ3v) is 5.07. The van der Waals surface area contributed by atoms with E-state index in [2.05, 4.69) is 34.5 Å². The molecule has 0 amide bonds. The minimum atomic E-state index is -0.135. The highest BCUT2D eigenvalue weighted by Crippen LogP contribution is 2.17. The van der Waals surface area contributed by atoms with Crippen LogP contribution in [0, 0.1) is 0 Å². The van der Waals surface area contributed by atoms with Crippen molar-refractivity contribution in [2.24, 2.45) is 0 Å². The van der Waals surface area contributed by atoms with Crippen LogP contribution in [0.1, 0.15) is 30.4 Å². The van der Waals surface area contributed by atoms with E-state index in [9.17, 15) is 4.79 Å². The normalized spacial score (nSPS) is 17.7. The second-order valence-electron chi connectivity index (χ2n) is 7.27. The second-order valence-corrected chi connectivity index (χ2v) is 7.27. The maximum atomic E-state index is 11.4. The maximum Gasteiger partial charge on any atom is 0.305 e. The van der Waals surface area contributed by atoms with Crippen molar-refractivity contribution in [3.8, 4) is 5.75 Å². The number of nitrogens with zero attached hydrogens (tertiary/aromatic N) is 1. The molecule has 1 aliphatic rings. The summed E-state index contributed by atoms with van der Waals surface area (Å²) in [6, 6.07) is 18.9. The monoisotopic (exact) mass is 382 g/mol. The van der Waals surface area contributed by atoms with E-state index in [4.69, 9.17) is 9.47 Å². The average molecular weight is 383 g/mol. The minimum Gasteiger partial charge on any atom is -0.489 e. The molecule has 0 radical (unpaired) electrons. The van der Waals surface area contributed by atoms with Crippen molar-refractivity contribution in [2.75, 3.05) is 26.7 Å². The van der Waals surface area contributed by atoms with Gasteiger partial charge in [-0.05, 0) is 49.2 Å². The molecule has 0 aliphatic carbocycles.